The van der Waals surface area contributed by atoms with E-state index in [4.69, 9.17) is 11.6 Å². The molecule has 1 fully saturated rings. The molecule has 1 aliphatic carbocycles. The van der Waals surface area contributed by atoms with E-state index >= 15 is 0 Å². The molecule has 0 bridgehead atoms. The van der Waals surface area contributed by atoms with Gasteiger partial charge in [-0.3, -0.25) is 14.5 Å². The predicted molar refractivity (Wildman–Crippen MR) is 115 cm³/mol. The highest BCUT2D eigenvalue weighted by atomic mass is 35.5. The molecule has 1 aliphatic rings. The number of nitrogens with one attached hydrogen (secondary N) is 3. The largest absolute Gasteiger partial charge is 0.367 e. The van der Waals surface area contributed by atoms with Crippen molar-refractivity contribution in [3.05, 3.63) is 64.6 Å². The van der Waals surface area contributed by atoms with Gasteiger partial charge < -0.3 is 10.6 Å². The second-order valence-electron chi connectivity index (χ2n) is 7.31. The number of hydrogen-bond donors (Lipinski definition) is 3. The van der Waals surface area contributed by atoms with Crippen LogP contribution in [0, 0.1) is 0 Å². The Morgan fingerprint density at radius 2 is 1.80 bits per heavy atom. The maximum atomic E-state index is 12.6. The third-order valence-electron chi connectivity index (χ3n) is 5.27. The summed E-state index contributed by atoms with van der Waals surface area (Å²) in [7, 11) is 0. The van der Waals surface area contributed by atoms with Crippen LogP contribution in [0.2, 0.25) is 5.02 Å². The fourth-order valence-corrected chi connectivity index (χ4v) is 3.87. The lowest BCUT2D eigenvalue weighted by Crippen LogP contribution is -2.22. The second-order valence-corrected chi connectivity index (χ2v) is 7.75. The normalized spacial score (nSPS) is 18.6. The first-order valence-electron chi connectivity index (χ1n) is 9.67. The number of nitrogens with zero attached hydrogens (tertiary/aromatic N) is 5. The molecule has 5 rings (SSSR count). The SMILES string of the molecule is O=c1c2[nH]ncc2ccn1-c1ccc(N[C@H]2CC[C@H](Nc3ncc(Cl)cn3)C2)nc1. The third kappa shape index (κ3) is 3.71. The molecule has 0 unspecified atom stereocenters. The van der Waals surface area contributed by atoms with Gasteiger partial charge in [0.15, 0.2) is 0 Å². The van der Waals surface area contributed by atoms with Crippen molar-refractivity contribution in [2.75, 3.05) is 10.6 Å². The molecular formula is C20H19ClN8O. The first kappa shape index (κ1) is 18.6. The van der Waals surface area contributed by atoms with Crippen molar-refractivity contribution in [2.24, 2.45) is 0 Å². The van der Waals surface area contributed by atoms with Gasteiger partial charge in [-0.15, -0.1) is 0 Å². The van der Waals surface area contributed by atoms with E-state index in [2.05, 4.69) is 35.8 Å². The number of fused-ring (bicyclic) bond motifs is 1. The predicted octanol–water partition coefficient (Wildman–Crippen LogP) is 3.00. The van der Waals surface area contributed by atoms with Crippen LogP contribution in [-0.2, 0) is 0 Å². The van der Waals surface area contributed by atoms with Gasteiger partial charge in [-0.05, 0) is 37.5 Å². The lowest BCUT2D eigenvalue weighted by Gasteiger charge is -2.15. The van der Waals surface area contributed by atoms with Crippen LogP contribution >= 0.6 is 11.6 Å². The lowest BCUT2D eigenvalue weighted by molar-refractivity contribution is 0.716. The minimum absolute atomic E-state index is 0.151. The van der Waals surface area contributed by atoms with Gasteiger partial charge in [-0.1, -0.05) is 11.6 Å². The Balaban J connectivity index is 1.23. The van der Waals surface area contributed by atoms with Crippen LogP contribution in [0.1, 0.15) is 19.3 Å². The number of rotatable bonds is 5. The molecule has 4 aromatic rings. The summed E-state index contributed by atoms with van der Waals surface area (Å²) < 4.78 is 1.55. The van der Waals surface area contributed by atoms with Crippen molar-refractivity contribution in [3.63, 3.8) is 0 Å². The van der Waals surface area contributed by atoms with Gasteiger partial charge in [-0.25, -0.2) is 15.0 Å². The highest BCUT2D eigenvalue weighted by molar-refractivity contribution is 6.30. The van der Waals surface area contributed by atoms with Gasteiger partial charge >= 0.3 is 0 Å². The zero-order valence-corrected chi connectivity index (χ0v) is 16.7. The lowest BCUT2D eigenvalue weighted by atomic mass is 10.2. The van der Waals surface area contributed by atoms with Crippen LogP contribution in [0.3, 0.4) is 0 Å². The summed E-state index contributed by atoms with van der Waals surface area (Å²) in [6.07, 6.45) is 11.2. The summed E-state index contributed by atoms with van der Waals surface area (Å²) in [4.78, 5) is 25.5. The molecule has 152 valence electrons. The molecule has 10 heteroatoms. The Hall–Kier alpha value is -3.46. The number of anilines is 2. The minimum atomic E-state index is -0.151. The third-order valence-corrected chi connectivity index (χ3v) is 5.46. The van der Waals surface area contributed by atoms with E-state index in [1.54, 1.807) is 35.6 Å². The molecule has 0 aromatic carbocycles. The summed E-state index contributed by atoms with van der Waals surface area (Å²) in [6, 6.07) is 6.22. The Bertz CT molecular complexity index is 1220. The Morgan fingerprint density at radius 3 is 2.57 bits per heavy atom. The summed E-state index contributed by atoms with van der Waals surface area (Å²) in [5.41, 5.74) is 1.03. The number of aromatic nitrogens is 6. The summed E-state index contributed by atoms with van der Waals surface area (Å²) in [5.74, 6) is 1.37. The van der Waals surface area contributed by atoms with E-state index in [1.165, 1.54) is 0 Å². The molecule has 4 heterocycles. The van der Waals surface area contributed by atoms with Crippen molar-refractivity contribution in [1.82, 2.24) is 29.7 Å². The van der Waals surface area contributed by atoms with Gasteiger partial charge in [0.2, 0.25) is 5.95 Å². The Labute approximate surface area is 176 Å². The van der Waals surface area contributed by atoms with Crippen molar-refractivity contribution >= 4 is 34.3 Å². The average Bonchev–Trinajstić information content (AvgIpc) is 3.41. The van der Waals surface area contributed by atoms with E-state index in [0.717, 1.165) is 30.5 Å². The smallest absolute Gasteiger partial charge is 0.281 e. The maximum absolute atomic E-state index is 12.6. The van der Waals surface area contributed by atoms with Gasteiger partial charge in [0, 0.05) is 23.7 Å². The zero-order valence-electron chi connectivity index (χ0n) is 15.9. The highest BCUT2D eigenvalue weighted by Gasteiger charge is 2.25. The van der Waals surface area contributed by atoms with Crippen molar-refractivity contribution in [2.45, 2.75) is 31.3 Å². The topological polar surface area (TPSA) is 113 Å². The molecule has 0 radical (unpaired) electrons. The molecule has 4 aromatic heterocycles. The average molecular weight is 423 g/mol. The number of pyridine rings is 2. The van der Waals surface area contributed by atoms with E-state index < -0.39 is 0 Å². The van der Waals surface area contributed by atoms with Gasteiger partial charge in [0.25, 0.3) is 5.56 Å². The summed E-state index contributed by atoms with van der Waals surface area (Å²) in [6.45, 7) is 0. The first-order valence-corrected chi connectivity index (χ1v) is 10.1. The monoisotopic (exact) mass is 422 g/mol. The number of halogens is 1. The van der Waals surface area contributed by atoms with Crippen LogP contribution in [0.15, 0.2) is 54.0 Å². The zero-order chi connectivity index (χ0) is 20.5. The van der Waals surface area contributed by atoms with Crippen LogP contribution in [0.4, 0.5) is 11.8 Å². The van der Waals surface area contributed by atoms with Crippen LogP contribution in [-0.4, -0.2) is 41.8 Å². The molecule has 0 spiro atoms. The van der Waals surface area contributed by atoms with Crippen LogP contribution in [0.25, 0.3) is 16.6 Å². The van der Waals surface area contributed by atoms with E-state index in [0.29, 0.717) is 34.3 Å². The fourth-order valence-electron chi connectivity index (χ4n) is 3.78. The van der Waals surface area contributed by atoms with Gasteiger partial charge in [0.1, 0.15) is 11.3 Å². The van der Waals surface area contributed by atoms with Crippen molar-refractivity contribution in [1.29, 1.82) is 0 Å². The molecule has 0 aliphatic heterocycles. The molecular weight excluding hydrogens is 404 g/mol. The summed E-state index contributed by atoms with van der Waals surface area (Å²) in [5, 5.41) is 14.8. The fraction of sp³-hybridized carbons (Fsp3) is 0.250. The molecule has 30 heavy (non-hydrogen) atoms. The van der Waals surface area contributed by atoms with Gasteiger partial charge in [-0.2, -0.15) is 5.10 Å². The van der Waals surface area contributed by atoms with Crippen LogP contribution < -0.4 is 16.2 Å². The Morgan fingerprint density at radius 1 is 1.00 bits per heavy atom. The standard InChI is InChI=1S/C20H19ClN8O/c21-13-9-23-20(24-10-13)27-15-2-1-14(7-15)26-17-4-3-16(11-22-17)29-6-5-12-8-25-28-18(12)19(29)30/h3-6,8-11,14-15H,1-2,7H2,(H,22,26)(H,25,28)(H,23,24,27)/t14-,15-/m0/s1. The highest BCUT2D eigenvalue weighted by Crippen LogP contribution is 2.25. The minimum Gasteiger partial charge on any atom is -0.367 e. The van der Waals surface area contributed by atoms with E-state index in [1.807, 2.05) is 18.2 Å². The molecule has 2 atom stereocenters. The first-order chi connectivity index (χ1) is 14.7. The van der Waals surface area contributed by atoms with Crippen molar-refractivity contribution in [3.8, 4) is 5.69 Å². The van der Waals surface area contributed by atoms with Gasteiger partial charge in [0.05, 0.1) is 35.5 Å². The maximum Gasteiger partial charge on any atom is 0.281 e. The number of aromatic amines is 1. The molecule has 3 N–H and O–H groups in total. The van der Waals surface area contributed by atoms with E-state index in [9.17, 15) is 4.79 Å². The number of H-pyrrole nitrogens is 1. The Kier molecular flexibility index (Phi) is 4.80. The van der Waals surface area contributed by atoms with Crippen LogP contribution in [0.5, 0.6) is 0 Å². The molecule has 0 saturated heterocycles. The second kappa shape index (κ2) is 7.75. The number of hydrogen-bond acceptors (Lipinski definition) is 7. The quantitative estimate of drug-likeness (QED) is 0.453. The van der Waals surface area contributed by atoms with E-state index in [-0.39, 0.29) is 5.56 Å². The van der Waals surface area contributed by atoms with Crippen molar-refractivity contribution < 1.29 is 0 Å². The molecule has 9 nitrogen and oxygen atoms in total. The molecule has 0 amide bonds. The summed E-state index contributed by atoms with van der Waals surface area (Å²) >= 11 is 5.83. The molecule has 1 saturated carbocycles.